The van der Waals surface area contributed by atoms with E-state index in [4.69, 9.17) is 0 Å². The number of aromatic nitrogens is 1. The van der Waals surface area contributed by atoms with Crippen LogP contribution in [-0.4, -0.2) is 23.2 Å². The van der Waals surface area contributed by atoms with Gasteiger partial charge in [0.15, 0.2) is 0 Å². The highest BCUT2D eigenvalue weighted by Crippen LogP contribution is 2.46. The smallest absolute Gasteiger partial charge is 0.223 e. The van der Waals surface area contributed by atoms with E-state index in [1.807, 2.05) is 18.2 Å². The average molecular weight is 222 g/mol. The number of carbonyl (C=O) groups is 1. The molecule has 1 N–H and O–H groups in total. The zero-order valence-corrected chi connectivity index (χ0v) is 9.28. The minimum absolute atomic E-state index is 0.125. The molecule has 0 aliphatic heterocycles. The molecule has 1 amide bonds. The lowest BCUT2D eigenvalue weighted by atomic mass is 10.2. The topological polar surface area (TPSA) is 42.0 Å². The summed E-state index contributed by atoms with van der Waals surface area (Å²) in [7, 11) is 0. The van der Waals surface area contributed by atoms with Gasteiger partial charge in [-0.15, -0.1) is 0 Å². The van der Waals surface area contributed by atoms with Crippen LogP contribution in [0.1, 0.15) is 18.0 Å². The van der Waals surface area contributed by atoms with Crippen LogP contribution >= 0.6 is 12.6 Å². The van der Waals surface area contributed by atoms with Gasteiger partial charge in [-0.05, 0) is 18.6 Å². The molecular weight excluding hydrogens is 208 g/mol. The van der Waals surface area contributed by atoms with Crippen LogP contribution in [-0.2, 0) is 4.79 Å². The van der Waals surface area contributed by atoms with E-state index >= 15 is 0 Å². The normalized spacial score (nSPS) is 23.5. The second-order valence-electron chi connectivity index (χ2n) is 3.72. The first-order valence-electron chi connectivity index (χ1n) is 5.12. The number of amides is 1. The van der Waals surface area contributed by atoms with Gasteiger partial charge in [0.2, 0.25) is 5.91 Å². The number of nitrogens with one attached hydrogen (secondary N) is 1. The maximum Gasteiger partial charge on any atom is 0.223 e. The Morgan fingerprint density at radius 3 is 3.13 bits per heavy atom. The molecule has 1 aliphatic rings. The fourth-order valence-corrected chi connectivity index (χ4v) is 1.83. The summed E-state index contributed by atoms with van der Waals surface area (Å²) in [5.74, 6) is 1.28. The number of carbonyl (C=O) groups excluding carboxylic acids is 1. The van der Waals surface area contributed by atoms with Gasteiger partial charge in [-0.1, -0.05) is 6.07 Å². The van der Waals surface area contributed by atoms with Gasteiger partial charge in [-0.2, -0.15) is 12.6 Å². The first kappa shape index (κ1) is 10.5. The minimum Gasteiger partial charge on any atom is -0.355 e. The van der Waals surface area contributed by atoms with E-state index in [9.17, 15) is 4.79 Å². The quantitative estimate of drug-likeness (QED) is 0.752. The van der Waals surface area contributed by atoms with E-state index in [-0.39, 0.29) is 11.8 Å². The van der Waals surface area contributed by atoms with Crippen LogP contribution in [0.15, 0.2) is 24.4 Å². The predicted molar refractivity (Wildman–Crippen MR) is 61.9 cm³/mol. The Morgan fingerprint density at radius 1 is 1.60 bits per heavy atom. The van der Waals surface area contributed by atoms with Gasteiger partial charge >= 0.3 is 0 Å². The zero-order chi connectivity index (χ0) is 10.7. The van der Waals surface area contributed by atoms with E-state index in [1.54, 1.807) is 6.20 Å². The van der Waals surface area contributed by atoms with Crippen LogP contribution in [0.4, 0.5) is 0 Å². The lowest BCUT2D eigenvalue weighted by Gasteiger charge is -2.01. The number of hydrogen-bond acceptors (Lipinski definition) is 3. The molecule has 1 saturated carbocycles. The number of thiol groups is 1. The van der Waals surface area contributed by atoms with Crippen molar-refractivity contribution >= 4 is 18.5 Å². The molecule has 1 heterocycles. The summed E-state index contributed by atoms with van der Waals surface area (Å²) in [4.78, 5) is 15.8. The van der Waals surface area contributed by atoms with Crippen molar-refractivity contribution in [1.29, 1.82) is 0 Å². The highest BCUT2D eigenvalue weighted by atomic mass is 32.1. The second kappa shape index (κ2) is 4.66. The SMILES string of the molecule is O=C(NCCS)[C@@H]1C[C@H]1c1ccccn1. The van der Waals surface area contributed by atoms with Crippen molar-refractivity contribution in [3.63, 3.8) is 0 Å². The van der Waals surface area contributed by atoms with Gasteiger partial charge in [0.05, 0.1) is 0 Å². The molecule has 0 bridgehead atoms. The Morgan fingerprint density at radius 2 is 2.47 bits per heavy atom. The summed E-state index contributed by atoms with van der Waals surface area (Å²) < 4.78 is 0. The Kier molecular flexibility index (Phi) is 3.26. The molecule has 80 valence electrons. The Bertz CT molecular complexity index is 342. The molecule has 2 rings (SSSR count). The van der Waals surface area contributed by atoms with E-state index in [0.29, 0.717) is 18.2 Å². The van der Waals surface area contributed by atoms with Gasteiger partial charge in [0, 0.05) is 36.0 Å². The largest absolute Gasteiger partial charge is 0.355 e. The van der Waals surface area contributed by atoms with Crippen molar-refractivity contribution in [3.8, 4) is 0 Å². The Balaban J connectivity index is 1.88. The highest BCUT2D eigenvalue weighted by molar-refractivity contribution is 7.80. The summed E-state index contributed by atoms with van der Waals surface area (Å²) in [5.41, 5.74) is 1.03. The van der Waals surface area contributed by atoms with Crippen LogP contribution < -0.4 is 5.32 Å². The van der Waals surface area contributed by atoms with Gasteiger partial charge in [0.25, 0.3) is 0 Å². The van der Waals surface area contributed by atoms with Crippen molar-refractivity contribution in [1.82, 2.24) is 10.3 Å². The first-order valence-corrected chi connectivity index (χ1v) is 5.75. The molecule has 3 nitrogen and oxygen atoms in total. The fourth-order valence-electron chi connectivity index (χ4n) is 1.72. The molecule has 0 aromatic carbocycles. The summed E-state index contributed by atoms with van der Waals surface area (Å²) in [6.45, 7) is 0.646. The van der Waals surface area contributed by atoms with E-state index in [2.05, 4.69) is 22.9 Å². The van der Waals surface area contributed by atoms with Crippen LogP contribution in [0.2, 0.25) is 0 Å². The molecule has 1 aromatic heterocycles. The number of pyridine rings is 1. The maximum atomic E-state index is 11.6. The van der Waals surface area contributed by atoms with E-state index in [1.165, 1.54) is 0 Å². The third-order valence-electron chi connectivity index (χ3n) is 2.61. The number of rotatable bonds is 4. The van der Waals surface area contributed by atoms with Crippen LogP contribution in [0, 0.1) is 5.92 Å². The summed E-state index contributed by atoms with van der Waals surface area (Å²) >= 11 is 4.05. The third-order valence-corrected chi connectivity index (χ3v) is 2.83. The standard InChI is InChI=1S/C11H14N2OS/c14-11(13-5-6-15)9-7-8(9)10-3-1-2-4-12-10/h1-4,8-9,15H,5-7H2,(H,13,14)/t8-,9-/m1/s1. The maximum absolute atomic E-state index is 11.6. The lowest BCUT2D eigenvalue weighted by Crippen LogP contribution is -2.27. The molecule has 1 fully saturated rings. The summed E-state index contributed by atoms with van der Waals surface area (Å²) in [6.07, 6.45) is 2.70. The molecule has 0 spiro atoms. The Labute approximate surface area is 94.7 Å². The van der Waals surface area contributed by atoms with Crippen LogP contribution in [0.3, 0.4) is 0 Å². The molecule has 0 unspecified atom stereocenters. The molecule has 4 heteroatoms. The second-order valence-corrected chi connectivity index (χ2v) is 4.17. The zero-order valence-electron chi connectivity index (χ0n) is 8.39. The predicted octanol–water partition coefficient (Wildman–Crippen LogP) is 1.23. The monoisotopic (exact) mass is 222 g/mol. The Hall–Kier alpha value is -1.03. The molecule has 1 aromatic rings. The first-order chi connectivity index (χ1) is 7.33. The molecule has 1 aliphatic carbocycles. The van der Waals surface area contributed by atoms with Gasteiger partial charge in [-0.25, -0.2) is 0 Å². The molecule has 15 heavy (non-hydrogen) atoms. The fraction of sp³-hybridized carbons (Fsp3) is 0.455. The van der Waals surface area contributed by atoms with Crippen molar-refractivity contribution in [2.75, 3.05) is 12.3 Å². The molecule has 2 atom stereocenters. The van der Waals surface area contributed by atoms with Gasteiger partial charge < -0.3 is 5.32 Å². The molecular formula is C11H14N2OS. The van der Waals surface area contributed by atoms with Crippen LogP contribution in [0.25, 0.3) is 0 Å². The summed E-state index contributed by atoms with van der Waals surface area (Å²) in [6, 6.07) is 5.84. The van der Waals surface area contributed by atoms with Gasteiger partial charge in [-0.3, -0.25) is 9.78 Å². The lowest BCUT2D eigenvalue weighted by molar-refractivity contribution is -0.122. The highest BCUT2D eigenvalue weighted by Gasteiger charge is 2.44. The number of nitrogens with zero attached hydrogens (tertiary/aromatic N) is 1. The van der Waals surface area contributed by atoms with Gasteiger partial charge in [0.1, 0.15) is 0 Å². The molecule has 0 radical (unpaired) electrons. The number of hydrogen-bond donors (Lipinski definition) is 2. The van der Waals surface area contributed by atoms with E-state index < -0.39 is 0 Å². The van der Waals surface area contributed by atoms with Crippen molar-refractivity contribution in [3.05, 3.63) is 30.1 Å². The van der Waals surface area contributed by atoms with Crippen molar-refractivity contribution in [2.45, 2.75) is 12.3 Å². The summed E-state index contributed by atoms with van der Waals surface area (Å²) in [5, 5.41) is 2.85. The average Bonchev–Trinajstić information content (AvgIpc) is 3.07. The van der Waals surface area contributed by atoms with Crippen molar-refractivity contribution in [2.24, 2.45) is 5.92 Å². The van der Waals surface area contributed by atoms with E-state index in [0.717, 1.165) is 12.1 Å². The molecule has 0 saturated heterocycles. The van der Waals surface area contributed by atoms with Crippen molar-refractivity contribution < 1.29 is 4.79 Å². The van der Waals surface area contributed by atoms with Crippen LogP contribution in [0.5, 0.6) is 0 Å². The third kappa shape index (κ3) is 2.50. The minimum atomic E-state index is 0.125.